The number of hydrogen-bond acceptors (Lipinski definition) is 4. The van der Waals surface area contributed by atoms with E-state index in [1.54, 1.807) is 37.4 Å². The molecule has 7 heteroatoms. The molecule has 0 aliphatic rings. The van der Waals surface area contributed by atoms with Crippen LogP contribution < -0.4 is 11.0 Å². The summed E-state index contributed by atoms with van der Waals surface area (Å²) in [5.74, 6) is -0.242. The molecule has 0 radical (unpaired) electrons. The molecule has 0 fully saturated rings. The van der Waals surface area contributed by atoms with Crippen molar-refractivity contribution in [2.75, 3.05) is 11.9 Å². The lowest BCUT2D eigenvalue weighted by molar-refractivity contribution is -0.125. The maximum Gasteiger partial charge on any atom is 0.350 e. The van der Waals surface area contributed by atoms with Crippen molar-refractivity contribution in [1.29, 1.82) is 0 Å². The monoisotopic (exact) mass is 352 g/mol. The van der Waals surface area contributed by atoms with Crippen molar-refractivity contribution in [1.82, 2.24) is 14.2 Å². The smallest absolute Gasteiger partial charge is 0.350 e. The molecule has 26 heavy (non-hydrogen) atoms. The van der Waals surface area contributed by atoms with Crippen molar-refractivity contribution in [3.8, 4) is 0 Å². The first-order valence-corrected chi connectivity index (χ1v) is 8.25. The number of amides is 1. The third-order valence-electron chi connectivity index (χ3n) is 3.85. The number of fused-ring (bicyclic) bond motifs is 1. The molecule has 0 aliphatic heterocycles. The van der Waals surface area contributed by atoms with Crippen molar-refractivity contribution in [3.05, 3.63) is 77.4 Å². The summed E-state index contributed by atoms with van der Waals surface area (Å²) in [7, 11) is 0. The summed E-state index contributed by atoms with van der Waals surface area (Å²) >= 11 is 0. The fourth-order valence-electron chi connectivity index (χ4n) is 2.52. The SMILES string of the molecule is C=CCOC(C)C(=O)Nc1cccc(Cn2nc3ccccn3c2=O)c1. The minimum absolute atomic E-state index is 0.207. The lowest BCUT2D eigenvalue weighted by atomic mass is 10.2. The van der Waals surface area contributed by atoms with Crippen LogP contribution in [0.4, 0.5) is 5.69 Å². The molecule has 0 saturated carbocycles. The van der Waals surface area contributed by atoms with Gasteiger partial charge in [-0.15, -0.1) is 11.7 Å². The van der Waals surface area contributed by atoms with Gasteiger partial charge in [0.15, 0.2) is 5.65 Å². The van der Waals surface area contributed by atoms with E-state index in [1.807, 2.05) is 24.3 Å². The summed E-state index contributed by atoms with van der Waals surface area (Å²) in [6.45, 7) is 5.86. The Bertz CT molecular complexity index is 990. The Labute approximate surface area is 150 Å². The first-order valence-electron chi connectivity index (χ1n) is 8.25. The third kappa shape index (κ3) is 3.89. The van der Waals surface area contributed by atoms with Gasteiger partial charge in [-0.1, -0.05) is 24.3 Å². The highest BCUT2D eigenvalue weighted by molar-refractivity contribution is 5.93. The number of anilines is 1. The minimum atomic E-state index is -0.585. The van der Waals surface area contributed by atoms with Crippen LogP contribution in [-0.4, -0.2) is 32.8 Å². The zero-order valence-corrected chi connectivity index (χ0v) is 14.5. The van der Waals surface area contributed by atoms with Gasteiger partial charge in [0.05, 0.1) is 13.2 Å². The average molecular weight is 352 g/mol. The summed E-state index contributed by atoms with van der Waals surface area (Å²) in [6, 6.07) is 12.7. The van der Waals surface area contributed by atoms with Crippen LogP contribution in [0.2, 0.25) is 0 Å². The van der Waals surface area contributed by atoms with Crippen molar-refractivity contribution in [2.45, 2.75) is 19.6 Å². The lowest BCUT2D eigenvalue weighted by Crippen LogP contribution is -2.27. The van der Waals surface area contributed by atoms with Crippen LogP contribution in [0.5, 0.6) is 0 Å². The summed E-state index contributed by atoms with van der Waals surface area (Å²) < 4.78 is 8.20. The van der Waals surface area contributed by atoms with Gasteiger partial charge >= 0.3 is 5.69 Å². The van der Waals surface area contributed by atoms with E-state index >= 15 is 0 Å². The minimum Gasteiger partial charge on any atom is -0.365 e. The number of nitrogens with zero attached hydrogens (tertiary/aromatic N) is 3. The number of ether oxygens (including phenoxy) is 1. The van der Waals surface area contributed by atoms with E-state index in [4.69, 9.17) is 4.74 Å². The fourth-order valence-corrected chi connectivity index (χ4v) is 2.52. The maximum atomic E-state index is 12.4. The van der Waals surface area contributed by atoms with E-state index in [1.165, 1.54) is 9.08 Å². The van der Waals surface area contributed by atoms with Crippen LogP contribution >= 0.6 is 0 Å². The number of aromatic nitrogens is 3. The number of nitrogens with one attached hydrogen (secondary N) is 1. The highest BCUT2D eigenvalue weighted by Crippen LogP contribution is 2.12. The molecular formula is C19H20N4O3. The van der Waals surface area contributed by atoms with E-state index in [9.17, 15) is 9.59 Å². The zero-order chi connectivity index (χ0) is 18.5. The third-order valence-corrected chi connectivity index (χ3v) is 3.85. The largest absolute Gasteiger partial charge is 0.365 e. The Morgan fingerprint density at radius 1 is 1.35 bits per heavy atom. The molecule has 134 valence electrons. The van der Waals surface area contributed by atoms with Crippen molar-refractivity contribution in [3.63, 3.8) is 0 Å². The quantitative estimate of drug-likeness (QED) is 0.661. The molecule has 1 N–H and O–H groups in total. The Balaban J connectivity index is 1.74. The Kier molecular flexibility index (Phi) is 5.28. The standard InChI is InChI=1S/C19H20N4O3/c1-3-11-26-14(2)18(24)20-16-8-6-7-15(12-16)13-23-19(25)22-10-5-4-9-17(22)21-23/h3-10,12,14H,1,11,13H2,2H3,(H,20,24). The van der Waals surface area contributed by atoms with E-state index < -0.39 is 6.10 Å². The Morgan fingerprint density at radius 2 is 2.19 bits per heavy atom. The molecule has 1 aromatic carbocycles. The maximum absolute atomic E-state index is 12.4. The summed E-state index contributed by atoms with van der Waals surface area (Å²) in [4.78, 5) is 24.5. The number of hydrogen-bond donors (Lipinski definition) is 1. The van der Waals surface area contributed by atoms with Crippen LogP contribution in [0.25, 0.3) is 5.65 Å². The molecule has 3 rings (SSSR count). The van der Waals surface area contributed by atoms with Gasteiger partial charge in [-0.3, -0.25) is 9.20 Å². The molecule has 1 atom stereocenters. The van der Waals surface area contributed by atoms with Gasteiger partial charge in [0.2, 0.25) is 0 Å². The molecule has 2 heterocycles. The number of carbonyl (C=O) groups excluding carboxylic acids is 1. The molecule has 7 nitrogen and oxygen atoms in total. The predicted octanol–water partition coefficient (Wildman–Crippen LogP) is 2.07. The van der Waals surface area contributed by atoms with Crippen LogP contribution in [0, 0.1) is 0 Å². The topological polar surface area (TPSA) is 77.6 Å². The van der Waals surface area contributed by atoms with E-state index in [2.05, 4.69) is 17.0 Å². The first-order chi connectivity index (χ1) is 12.6. The van der Waals surface area contributed by atoms with E-state index in [0.717, 1.165) is 5.56 Å². The average Bonchev–Trinajstić information content (AvgIpc) is 2.96. The lowest BCUT2D eigenvalue weighted by Gasteiger charge is -2.12. The number of pyridine rings is 1. The zero-order valence-electron chi connectivity index (χ0n) is 14.5. The highest BCUT2D eigenvalue weighted by atomic mass is 16.5. The van der Waals surface area contributed by atoms with E-state index in [0.29, 0.717) is 24.5 Å². The van der Waals surface area contributed by atoms with Crippen LogP contribution in [-0.2, 0) is 16.1 Å². The molecule has 0 spiro atoms. The molecule has 1 unspecified atom stereocenters. The summed E-state index contributed by atoms with van der Waals surface area (Å²) in [6.07, 6.45) is 2.69. The van der Waals surface area contributed by atoms with Crippen molar-refractivity contribution in [2.24, 2.45) is 0 Å². The van der Waals surface area contributed by atoms with Gasteiger partial charge in [-0.05, 0) is 36.8 Å². The predicted molar refractivity (Wildman–Crippen MR) is 99.2 cm³/mol. The number of carbonyl (C=O) groups is 1. The Hall–Kier alpha value is -3.19. The second-order valence-corrected chi connectivity index (χ2v) is 5.82. The molecule has 2 aromatic heterocycles. The summed E-state index contributed by atoms with van der Waals surface area (Å²) in [5, 5.41) is 7.12. The molecule has 3 aromatic rings. The molecule has 0 saturated heterocycles. The molecule has 1 amide bonds. The second kappa shape index (κ2) is 7.79. The van der Waals surface area contributed by atoms with Crippen molar-refractivity contribution < 1.29 is 9.53 Å². The summed E-state index contributed by atoms with van der Waals surface area (Å²) in [5.41, 5.74) is 1.88. The van der Waals surface area contributed by atoms with Crippen LogP contribution in [0.15, 0.2) is 66.1 Å². The van der Waals surface area contributed by atoms with Gasteiger partial charge in [0.1, 0.15) is 6.10 Å². The van der Waals surface area contributed by atoms with Gasteiger partial charge in [-0.25, -0.2) is 9.48 Å². The normalized spacial score (nSPS) is 12.0. The Morgan fingerprint density at radius 3 is 2.96 bits per heavy atom. The number of rotatable bonds is 7. The van der Waals surface area contributed by atoms with Crippen molar-refractivity contribution >= 4 is 17.2 Å². The van der Waals surface area contributed by atoms with E-state index in [-0.39, 0.29) is 11.6 Å². The van der Waals surface area contributed by atoms with Gasteiger partial charge in [-0.2, -0.15) is 0 Å². The van der Waals surface area contributed by atoms with Gasteiger partial charge in [0.25, 0.3) is 5.91 Å². The molecule has 0 bridgehead atoms. The van der Waals surface area contributed by atoms with Crippen LogP contribution in [0.1, 0.15) is 12.5 Å². The fraction of sp³-hybridized carbons (Fsp3) is 0.211. The molecular weight excluding hydrogens is 332 g/mol. The van der Waals surface area contributed by atoms with Gasteiger partial charge < -0.3 is 10.1 Å². The second-order valence-electron chi connectivity index (χ2n) is 5.82. The highest BCUT2D eigenvalue weighted by Gasteiger charge is 2.13. The number of benzene rings is 1. The molecule has 0 aliphatic carbocycles. The van der Waals surface area contributed by atoms with Gasteiger partial charge in [0, 0.05) is 11.9 Å². The first kappa shape index (κ1) is 17.6. The van der Waals surface area contributed by atoms with Crippen LogP contribution in [0.3, 0.4) is 0 Å².